The van der Waals surface area contributed by atoms with Gasteiger partial charge in [0.1, 0.15) is 5.75 Å². The van der Waals surface area contributed by atoms with E-state index in [-0.39, 0.29) is 12.5 Å². The number of hydrogen-bond acceptors (Lipinski definition) is 5. The van der Waals surface area contributed by atoms with Gasteiger partial charge in [-0.1, -0.05) is 17.7 Å². The number of anilines is 1. The third-order valence-corrected chi connectivity index (χ3v) is 4.30. The van der Waals surface area contributed by atoms with Crippen LogP contribution in [-0.4, -0.2) is 22.5 Å². The summed E-state index contributed by atoms with van der Waals surface area (Å²) in [5.74, 6) is 0.942. The number of fused-ring (bicyclic) bond motifs is 1. The van der Waals surface area contributed by atoms with Crippen molar-refractivity contribution in [1.82, 2.24) is 9.97 Å². The van der Waals surface area contributed by atoms with Crippen LogP contribution in [0, 0.1) is 13.8 Å². The molecule has 1 N–H and O–H groups in total. The summed E-state index contributed by atoms with van der Waals surface area (Å²) in [5, 5.41) is 2.87. The zero-order chi connectivity index (χ0) is 19.5. The highest BCUT2D eigenvalue weighted by molar-refractivity contribution is 5.93. The number of amides is 1. The lowest BCUT2D eigenvalue weighted by atomic mass is 10.1. The van der Waals surface area contributed by atoms with E-state index < -0.39 is 0 Å². The van der Waals surface area contributed by atoms with Gasteiger partial charge in [0.15, 0.2) is 17.8 Å². The van der Waals surface area contributed by atoms with Gasteiger partial charge in [0, 0.05) is 17.4 Å². The van der Waals surface area contributed by atoms with E-state index in [1.807, 2.05) is 62.4 Å². The minimum atomic E-state index is -0.220. The van der Waals surface area contributed by atoms with E-state index in [1.165, 1.54) is 0 Å². The molecule has 6 nitrogen and oxygen atoms in total. The maximum absolute atomic E-state index is 12.2. The van der Waals surface area contributed by atoms with Crippen LogP contribution in [-0.2, 0) is 4.79 Å². The molecule has 6 heteroatoms. The first-order valence-electron chi connectivity index (χ1n) is 8.90. The Hall–Kier alpha value is -3.67. The number of rotatable bonds is 5. The van der Waals surface area contributed by atoms with E-state index in [2.05, 4.69) is 15.3 Å². The SMILES string of the molecule is Cc1ccc(OCC(=O)Nc2ccc(-c3nc4ncccc4o3)cc2C)cc1. The molecule has 0 radical (unpaired) electrons. The molecule has 0 saturated heterocycles. The molecule has 4 rings (SSSR count). The molecular weight excluding hydrogens is 354 g/mol. The molecule has 0 aliphatic carbocycles. The predicted molar refractivity (Wildman–Crippen MR) is 107 cm³/mol. The Morgan fingerprint density at radius 2 is 1.93 bits per heavy atom. The third kappa shape index (κ3) is 3.86. The number of nitrogens with zero attached hydrogens (tertiary/aromatic N) is 2. The first-order valence-corrected chi connectivity index (χ1v) is 8.90. The maximum atomic E-state index is 12.2. The largest absolute Gasteiger partial charge is 0.484 e. The molecule has 0 bridgehead atoms. The van der Waals surface area contributed by atoms with E-state index in [1.54, 1.807) is 12.3 Å². The van der Waals surface area contributed by atoms with Crippen LogP contribution >= 0.6 is 0 Å². The molecule has 2 aromatic heterocycles. The van der Waals surface area contributed by atoms with Crippen molar-refractivity contribution >= 4 is 22.8 Å². The molecule has 0 saturated carbocycles. The fraction of sp³-hybridized carbons (Fsp3) is 0.136. The Labute approximate surface area is 162 Å². The summed E-state index contributed by atoms with van der Waals surface area (Å²) in [7, 11) is 0. The molecule has 0 atom stereocenters. The van der Waals surface area contributed by atoms with Gasteiger partial charge in [-0.2, -0.15) is 4.98 Å². The number of aryl methyl sites for hydroxylation is 2. The minimum absolute atomic E-state index is 0.0545. The highest BCUT2D eigenvalue weighted by Crippen LogP contribution is 2.26. The normalized spacial score (nSPS) is 10.8. The van der Waals surface area contributed by atoms with Crippen molar-refractivity contribution < 1.29 is 13.9 Å². The molecule has 0 spiro atoms. The minimum Gasteiger partial charge on any atom is -0.484 e. The number of aromatic nitrogens is 2. The van der Waals surface area contributed by atoms with Crippen LogP contribution in [0.2, 0.25) is 0 Å². The molecule has 2 aromatic carbocycles. The van der Waals surface area contributed by atoms with E-state index >= 15 is 0 Å². The van der Waals surface area contributed by atoms with Gasteiger partial charge < -0.3 is 14.5 Å². The predicted octanol–water partition coefficient (Wildman–Crippen LogP) is 4.52. The standard InChI is InChI=1S/C22H19N3O3/c1-14-5-8-17(9-6-14)27-13-20(26)24-18-10-7-16(12-15(18)2)22-25-21-19(28-22)4-3-11-23-21/h3-12H,13H2,1-2H3,(H,24,26). The first kappa shape index (κ1) is 17.7. The van der Waals surface area contributed by atoms with Gasteiger partial charge in [0.25, 0.3) is 5.91 Å². The summed E-state index contributed by atoms with van der Waals surface area (Å²) in [5.41, 5.74) is 4.79. The average molecular weight is 373 g/mol. The van der Waals surface area contributed by atoms with Gasteiger partial charge in [-0.25, -0.2) is 4.98 Å². The van der Waals surface area contributed by atoms with E-state index in [0.29, 0.717) is 22.9 Å². The van der Waals surface area contributed by atoms with Gasteiger partial charge >= 0.3 is 0 Å². The number of hydrogen-bond donors (Lipinski definition) is 1. The zero-order valence-electron chi connectivity index (χ0n) is 15.6. The fourth-order valence-corrected chi connectivity index (χ4v) is 2.80. The summed E-state index contributed by atoms with van der Waals surface area (Å²) >= 11 is 0. The Morgan fingerprint density at radius 3 is 2.68 bits per heavy atom. The lowest BCUT2D eigenvalue weighted by Crippen LogP contribution is -2.20. The molecule has 140 valence electrons. The van der Waals surface area contributed by atoms with Gasteiger partial charge in [-0.15, -0.1) is 0 Å². The number of oxazole rings is 1. The summed E-state index contributed by atoms with van der Waals surface area (Å²) in [6.45, 7) is 3.86. The van der Waals surface area contributed by atoms with Gasteiger partial charge in [-0.05, 0) is 61.9 Å². The molecular formula is C22H19N3O3. The number of carbonyl (C=O) groups excluding carboxylic acids is 1. The number of nitrogens with one attached hydrogen (secondary N) is 1. The summed E-state index contributed by atoms with van der Waals surface area (Å²) in [6.07, 6.45) is 1.68. The quantitative estimate of drug-likeness (QED) is 0.556. The molecule has 0 aliphatic heterocycles. The van der Waals surface area contributed by atoms with Crippen LogP contribution in [0.4, 0.5) is 5.69 Å². The number of benzene rings is 2. The van der Waals surface area contributed by atoms with Crippen LogP contribution in [0.25, 0.3) is 22.7 Å². The van der Waals surface area contributed by atoms with Crippen molar-refractivity contribution in [1.29, 1.82) is 0 Å². The Kier molecular flexibility index (Phi) is 4.76. The van der Waals surface area contributed by atoms with E-state index in [0.717, 1.165) is 22.4 Å². The molecule has 28 heavy (non-hydrogen) atoms. The Bertz CT molecular complexity index is 1100. The van der Waals surface area contributed by atoms with Crippen molar-refractivity contribution in [3.05, 3.63) is 71.9 Å². The molecule has 2 heterocycles. The second-order valence-corrected chi connectivity index (χ2v) is 6.52. The second-order valence-electron chi connectivity index (χ2n) is 6.52. The van der Waals surface area contributed by atoms with E-state index in [9.17, 15) is 4.79 Å². The Balaban J connectivity index is 1.43. The summed E-state index contributed by atoms with van der Waals surface area (Å²) in [6, 6.07) is 16.8. The van der Waals surface area contributed by atoms with Crippen molar-refractivity contribution in [2.75, 3.05) is 11.9 Å². The summed E-state index contributed by atoms with van der Waals surface area (Å²) < 4.78 is 11.3. The van der Waals surface area contributed by atoms with Gasteiger partial charge in [-0.3, -0.25) is 4.79 Å². The van der Waals surface area contributed by atoms with Crippen molar-refractivity contribution in [2.45, 2.75) is 13.8 Å². The molecule has 0 fully saturated rings. The fourth-order valence-electron chi connectivity index (χ4n) is 2.80. The van der Waals surface area contributed by atoms with Gasteiger partial charge in [0.2, 0.25) is 5.89 Å². The number of pyridine rings is 1. The van der Waals surface area contributed by atoms with Crippen molar-refractivity contribution in [2.24, 2.45) is 0 Å². The number of ether oxygens (including phenoxy) is 1. The maximum Gasteiger partial charge on any atom is 0.262 e. The monoisotopic (exact) mass is 373 g/mol. The Morgan fingerprint density at radius 1 is 1.11 bits per heavy atom. The lowest BCUT2D eigenvalue weighted by molar-refractivity contribution is -0.118. The zero-order valence-corrected chi connectivity index (χ0v) is 15.6. The van der Waals surface area contributed by atoms with Crippen LogP contribution in [0.15, 0.2) is 65.2 Å². The topological polar surface area (TPSA) is 77.2 Å². The number of carbonyl (C=O) groups is 1. The smallest absolute Gasteiger partial charge is 0.262 e. The van der Waals surface area contributed by atoms with Crippen LogP contribution in [0.3, 0.4) is 0 Å². The van der Waals surface area contributed by atoms with Gasteiger partial charge in [0.05, 0.1) is 0 Å². The molecule has 0 aliphatic rings. The third-order valence-electron chi connectivity index (χ3n) is 4.30. The van der Waals surface area contributed by atoms with Crippen molar-refractivity contribution in [3.8, 4) is 17.2 Å². The summed E-state index contributed by atoms with van der Waals surface area (Å²) in [4.78, 5) is 20.8. The van der Waals surface area contributed by atoms with Crippen LogP contribution < -0.4 is 10.1 Å². The van der Waals surface area contributed by atoms with Crippen LogP contribution in [0.5, 0.6) is 5.75 Å². The average Bonchev–Trinajstić information content (AvgIpc) is 3.13. The van der Waals surface area contributed by atoms with Crippen LogP contribution in [0.1, 0.15) is 11.1 Å². The highest BCUT2D eigenvalue weighted by atomic mass is 16.5. The molecule has 4 aromatic rings. The van der Waals surface area contributed by atoms with Crippen molar-refractivity contribution in [3.63, 3.8) is 0 Å². The molecule has 0 unspecified atom stereocenters. The lowest BCUT2D eigenvalue weighted by Gasteiger charge is -2.10. The first-order chi connectivity index (χ1) is 13.6. The molecule has 1 amide bonds. The van der Waals surface area contributed by atoms with E-state index in [4.69, 9.17) is 9.15 Å². The second kappa shape index (κ2) is 7.52. The highest BCUT2D eigenvalue weighted by Gasteiger charge is 2.11.